The molecule has 2 aromatic rings. The maximum Gasteiger partial charge on any atom is 0.232 e. The quantitative estimate of drug-likeness (QED) is 0.923. The van der Waals surface area contributed by atoms with Crippen LogP contribution in [0.1, 0.15) is 18.9 Å². The van der Waals surface area contributed by atoms with Crippen molar-refractivity contribution in [2.75, 3.05) is 10.5 Å². The number of nitrogens with one attached hydrogen (secondary N) is 1. The van der Waals surface area contributed by atoms with Gasteiger partial charge in [-0.3, -0.25) is 9.71 Å². The molecular formula is C13H16N2O2S. The van der Waals surface area contributed by atoms with Crippen molar-refractivity contribution >= 4 is 26.6 Å². The Morgan fingerprint density at radius 1 is 1.33 bits per heavy atom. The SMILES string of the molecule is CCCS(=O)(=O)Nc1cc(C)cc2cccnc12. The lowest BCUT2D eigenvalue weighted by molar-refractivity contribution is 0.600. The zero-order valence-corrected chi connectivity index (χ0v) is 11.3. The van der Waals surface area contributed by atoms with Gasteiger partial charge in [0.2, 0.25) is 10.0 Å². The molecule has 0 atom stereocenters. The molecule has 1 aromatic carbocycles. The standard InChI is InChI=1S/C13H16N2O2S/c1-3-7-18(16,17)15-12-9-10(2)8-11-5-4-6-14-13(11)12/h4-6,8-9,15H,3,7H2,1-2H3. The fraction of sp³-hybridized carbons (Fsp3) is 0.308. The van der Waals surface area contributed by atoms with Crippen LogP contribution in [0.5, 0.6) is 0 Å². The van der Waals surface area contributed by atoms with Crippen molar-refractivity contribution in [3.05, 3.63) is 36.0 Å². The lowest BCUT2D eigenvalue weighted by Crippen LogP contribution is -2.16. The molecule has 2 rings (SSSR count). The Bertz CT molecular complexity index is 666. The summed E-state index contributed by atoms with van der Waals surface area (Å²) in [6.45, 7) is 3.77. The Balaban J connectivity index is 2.51. The van der Waals surface area contributed by atoms with Gasteiger partial charge >= 0.3 is 0 Å². The van der Waals surface area contributed by atoms with Crippen molar-refractivity contribution in [3.8, 4) is 0 Å². The van der Waals surface area contributed by atoms with Gasteiger partial charge in [-0.05, 0) is 37.1 Å². The summed E-state index contributed by atoms with van der Waals surface area (Å²) in [7, 11) is -3.28. The number of anilines is 1. The number of hydrogen-bond acceptors (Lipinski definition) is 3. The number of hydrogen-bond donors (Lipinski definition) is 1. The van der Waals surface area contributed by atoms with Gasteiger partial charge in [0.25, 0.3) is 0 Å². The first-order valence-electron chi connectivity index (χ1n) is 5.88. The highest BCUT2D eigenvalue weighted by molar-refractivity contribution is 7.92. The van der Waals surface area contributed by atoms with Gasteiger partial charge < -0.3 is 0 Å². The largest absolute Gasteiger partial charge is 0.281 e. The van der Waals surface area contributed by atoms with Crippen molar-refractivity contribution < 1.29 is 8.42 Å². The lowest BCUT2D eigenvalue weighted by Gasteiger charge is -2.10. The van der Waals surface area contributed by atoms with Crippen molar-refractivity contribution in [2.45, 2.75) is 20.3 Å². The zero-order chi connectivity index (χ0) is 13.2. The van der Waals surface area contributed by atoms with E-state index in [4.69, 9.17) is 0 Å². The van der Waals surface area contributed by atoms with E-state index in [1.807, 2.05) is 38.1 Å². The van der Waals surface area contributed by atoms with E-state index in [2.05, 4.69) is 9.71 Å². The summed E-state index contributed by atoms with van der Waals surface area (Å²) in [5.74, 6) is 0.120. The van der Waals surface area contributed by atoms with E-state index in [-0.39, 0.29) is 5.75 Å². The van der Waals surface area contributed by atoms with E-state index in [1.54, 1.807) is 6.20 Å². The molecule has 96 valence electrons. The van der Waals surface area contributed by atoms with Crippen molar-refractivity contribution in [2.24, 2.45) is 0 Å². The average Bonchev–Trinajstić information content (AvgIpc) is 2.28. The van der Waals surface area contributed by atoms with Crippen LogP contribution in [0.25, 0.3) is 10.9 Å². The van der Waals surface area contributed by atoms with E-state index < -0.39 is 10.0 Å². The van der Waals surface area contributed by atoms with Gasteiger partial charge in [0.05, 0.1) is 17.0 Å². The summed E-state index contributed by atoms with van der Waals surface area (Å²) in [5, 5.41) is 0.937. The number of aryl methyl sites for hydroxylation is 1. The molecule has 0 saturated heterocycles. The van der Waals surface area contributed by atoms with Crippen LogP contribution in [-0.4, -0.2) is 19.2 Å². The molecule has 0 aliphatic carbocycles. The second-order valence-corrected chi connectivity index (χ2v) is 6.15. The lowest BCUT2D eigenvalue weighted by atomic mass is 10.1. The first-order chi connectivity index (χ1) is 8.52. The molecule has 0 unspecified atom stereocenters. The molecule has 0 saturated carbocycles. The van der Waals surface area contributed by atoms with Crippen molar-refractivity contribution in [1.82, 2.24) is 4.98 Å². The van der Waals surface area contributed by atoms with Crippen molar-refractivity contribution in [3.63, 3.8) is 0 Å². The molecule has 0 radical (unpaired) electrons. The van der Waals surface area contributed by atoms with E-state index in [9.17, 15) is 8.42 Å². The molecule has 0 bridgehead atoms. The summed E-state index contributed by atoms with van der Waals surface area (Å²) in [6.07, 6.45) is 2.25. The average molecular weight is 264 g/mol. The Kier molecular flexibility index (Phi) is 3.52. The molecule has 0 aliphatic heterocycles. The summed E-state index contributed by atoms with van der Waals surface area (Å²) in [4.78, 5) is 4.24. The van der Waals surface area contributed by atoms with Gasteiger partial charge in [-0.2, -0.15) is 0 Å². The van der Waals surface area contributed by atoms with Gasteiger partial charge in [-0.15, -0.1) is 0 Å². The highest BCUT2D eigenvalue weighted by Gasteiger charge is 2.12. The van der Waals surface area contributed by atoms with Crippen LogP contribution in [0.15, 0.2) is 30.5 Å². The first kappa shape index (κ1) is 12.8. The molecule has 0 spiro atoms. The van der Waals surface area contributed by atoms with Gasteiger partial charge in [0, 0.05) is 11.6 Å². The minimum absolute atomic E-state index is 0.120. The van der Waals surface area contributed by atoms with Crippen LogP contribution in [0, 0.1) is 6.92 Å². The second-order valence-electron chi connectivity index (χ2n) is 4.31. The Hall–Kier alpha value is -1.62. The number of pyridine rings is 1. The monoisotopic (exact) mass is 264 g/mol. The second kappa shape index (κ2) is 4.94. The number of fused-ring (bicyclic) bond motifs is 1. The van der Waals surface area contributed by atoms with Gasteiger partial charge in [-0.25, -0.2) is 8.42 Å². The molecular weight excluding hydrogens is 248 g/mol. The highest BCUT2D eigenvalue weighted by Crippen LogP contribution is 2.24. The molecule has 1 N–H and O–H groups in total. The molecule has 18 heavy (non-hydrogen) atoms. The number of sulfonamides is 1. The minimum atomic E-state index is -3.28. The van der Waals surface area contributed by atoms with Crippen LogP contribution in [0.2, 0.25) is 0 Å². The van der Waals surface area contributed by atoms with E-state index in [0.717, 1.165) is 10.9 Å². The molecule has 1 aromatic heterocycles. The predicted molar refractivity (Wildman–Crippen MR) is 74.2 cm³/mol. The maximum atomic E-state index is 11.8. The van der Waals surface area contributed by atoms with Crippen LogP contribution in [0.3, 0.4) is 0 Å². The molecule has 0 aliphatic rings. The topological polar surface area (TPSA) is 59.1 Å². The summed E-state index contributed by atoms with van der Waals surface area (Å²) in [6, 6.07) is 7.56. The fourth-order valence-corrected chi connectivity index (χ4v) is 3.04. The summed E-state index contributed by atoms with van der Waals surface area (Å²) in [5.41, 5.74) is 2.24. The molecule has 0 amide bonds. The highest BCUT2D eigenvalue weighted by atomic mass is 32.2. The smallest absolute Gasteiger partial charge is 0.232 e. The molecule has 0 fully saturated rings. The van der Waals surface area contributed by atoms with Gasteiger partial charge in [-0.1, -0.05) is 13.0 Å². The third kappa shape index (κ3) is 2.79. The third-order valence-electron chi connectivity index (χ3n) is 2.59. The van der Waals surface area contributed by atoms with Crippen LogP contribution < -0.4 is 4.72 Å². The number of benzene rings is 1. The van der Waals surface area contributed by atoms with Crippen LogP contribution in [0.4, 0.5) is 5.69 Å². The normalized spacial score (nSPS) is 11.7. The number of nitrogens with zero attached hydrogens (tertiary/aromatic N) is 1. The Morgan fingerprint density at radius 2 is 2.11 bits per heavy atom. The predicted octanol–water partition coefficient (Wildman–Crippen LogP) is 2.69. The fourth-order valence-electron chi connectivity index (χ4n) is 1.91. The van der Waals surface area contributed by atoms with Crippen molar-refractivity contribution in [1.29, 1.82) is 0 Å². The molecule has 5 heteroatoms. The number of aromatic nitrogens is 1. The molecule has 4 nitrogen and oxygen atoms in total. The maximum absolute atomic E-state index is 11.8. The Morgan fingerprint density at radius 3 is 2.83 bits per heavy atom. The zero-order valence-electron chi connectivity index (χ0n) is 10.5. The van der Waals surface area contributed by atoms with E-state index >= 15 is 0 Å². The summed E-state index contributed by atoms with van der Waals surface area (Å²) >= 11 is 0. The number of rotatable bonds is 4. The molecule has 1 heterocycles. The van der Waals surface area contributed by atoms with E-state index in [0.29, 0.717) is 17.6 Å². The Labute approximate surface area is 107 Å². The van der Waals surface area contributed by atoms with E-state index in [1.165, 1.54) is 0 Å². The third-order valence-corrected chi connectivity index (χ3v) is 4.06. The van der Waals surface area contributed by atoms with Gasteiger partial charge in [0.1, 0.15) is 0 Å². The first-order valence-corrected chi connectivity index (χ1v) is 7.53. The summed E-state index contributed by atoms with van der Waals surface area (Å²) < 4.78 is 26.2. The van der Waals surface area contributed by atoms with Crippen LogP contribution in [-0.2, 0) is 10.0 Å². The van der Waals surface area contributed by atoms with Crippen LogP contribution >= 0.6 is 0 Å². The van der Waals surface area contributed by atoms with Gasteiger partial charge in [0.15, 0.2) is 0 Å². The minimum Gasteiger partial charge on any atom is -0.281 e.